The third kappa shape index (κ3) is 4.38. The van der Waals surface area contributed by atoms with E-state index in [-0.39, 0.29) is 11.8 Å². The van der Waals surface area contributed by atoms with Crippen LogP contribution in [0, 0.1) is 0 Å². The van der Waals surface area contributed by atoms with Crippen molar-refractivity contribution in [2.75, 3.05) is 6.54 Å². The first-order valence-corrected chi connectivity index (χ1v) is 6.68. The largest absolute Gasteiger partial charge is 0.573 e. The molecule has 1 saturated heterocycles. The van der Waals surface area contributed by atoms with Crippen molar-refractivity contribution in [1.82, 2.24) is 4.90 Å². The Hall–Kier alpha value is -1.27. The number of alkyl halides is 3. The van der Waals surface area contributed by atoms with E-state index in [4.69, 9.17) is 5.73 Å². The van der Waals surface area contributed by atoms with Gasteiger partial charge in [0.2, 0.25) is 0 Å². The van der Waals surface area contributed by atoms with Crippen molar-refractivity contribution in [3.63, 3.8) is 0 Å². The first kappa shape index (κ1) is 15.1. The number of nitrogens with two attached hydrogens (primary N) is 1. The Balaban J connectivity index is 1.94. The molecule has 112 valence electrons. The lowest BCUT2D eigenvalue weighted by atomic mass is 9.98. The highest BCUT2D eigenvalue weighted by Gasteiger charge is 2.31. The van der Waals surface area contributed by atoms with Crippen LogP contribution in [0.4, 0.5) is 13.2 Å². The van der Waals surface area contributed by atoms with Crippen molar-refractivity contribution in [3.8, 4) is 5.75 Å². The number of rotatable bonds is 3. The molecule has 0 radical (unpaired) electrons. The van der Waals surface area contributed by atoms with Crippen LogP contribution in [-0.4, -0.2) is 29.9 Å². The van der Waals surface area contributed by atoms with E-state index in [0.29, 0.717) is 6.04 Å². The number of likely N-dealkylation sites (tertiary alicyclic amines) is 1. The second-order valence-corrected chi connectivity index (χ2v) is 5.30. The van der Waals surface area contributed by atoms with Crippen LogP contribution in [0.2, 0.25) is 0 Å². The van der Waals surface area contributed by atoms with E-state index < -0.39 is 6.36 Å². The van der Waals surface area contributed by atoms with Gasteiger partial charge in [0.1, 0.15) is 5.75 Å². The van der Waals surface area contributed by atoms with Crippen LogP contribution in [-0.2, 0) is 6.54 Å². The summed E-state index contributed by atoms with van der Waals surface area (Å²) >= 11 is 0. The van der Waals surface area contributed by atoms with E-state index in [2.05, 4.69) is 16.6 Å². The Kier molecular flexibility index (Phi) is 4.55. The van der Waals surface area contributed by atoms with Crippen molar-refractivity contribution < 1.29 is 17.9 Å². The zero-order valence-corrected chi connectivity index (χ0v) is 11.4. The van der Waals surface area contributed by atoms with Gasteiger partial charge in [-0.1, -0.05) is 12.1 Å². The number of nitrogens with zero attached hydrogens (tertiary/aromatic N) is 1. The second-order valence-electron chi connectivity index (χ2n) is 5.30. The lowest BCUT2D eigenvalue weighted by Crippen LogP contribution is -2.44. The Morgan fingerprint density at radius 3 is 2.50 bits per heavy atom. The molecular formula is C14H19F3N2O. The number of hydrogen-bond acceptors (Lipinski definition) is 3. The van der Waals surface area contributed by atoms with Gasteiger partial charge in [-0.15, -0.1) is 13.2 Å². The highest BCUT2D eigenvalue weighted by Crippen LogP contribution is 2.24. The lowest BCUT2D eigenvalue weighted by Gasteiger charge is -2.36. The van der Waals surface area contributed by atoms with E-state index in [1.165, 1.54) is 12.1 Å². The van der Waals surface area contributed by atoms with Crippen LogP contribution >= 0.6 is 0 Å². The number of benzene rings is 1. The molecule has 3 nitrogen and oxygen atoms in total. The molecule has 0 amide bonds. The number of ether oxygens (including phenoxy) is 1. The van der Waals surface area contributed by atoms with Gasteiger partial charge in [0.05, 0.1) is 0 Å². The fourth-order valence-electron chi connectivity index (χ4n) is 2.52. The van der Waals surface area contributed by atoms with Crippen LogP contribution in [0.15, 0.2) is 24.3 Å². The third-order valence-electron chi connectivity index (χ3n) is 3.60. The lowest BCUT2D eigenvalue weighted by molar-refractivity contribution is -0.274. The zero-order chi connectivity index (χ0) is 14.8. The molecule has 20 heavy (non-hydrogen) atoms. The smallest absolute Gasteiger partial charge is 0.406 e. The van der Waals surface area contributed by atoms with Gasteiger partial charge in [-0.2, -0.15) is 0 Å². The van der Waals surface area contributed by atoms with E-state index in [1.54, 1.807) is 12.1 Å². The highest BCUT2D eigenvalue weighted by molar-refractivity contribution is 5.27. The molecule has 1 aromatic carbocycles. The predicted molar refractivity (Wildman–Crippen MR) is 70.2 cm³/mol. The highest BCUT2D eigenvalue weighted by atomic mass is 19.4. The van der Waals surface area contributed by atoms with Gasteiger partial charge in [-0.25, -0.2) is 0 Å². The Bertz CT molecular complexity index is 433. The molecule has 1 aliphatic rings. The summed E-state index contributed by atoms with van der Waals surface area (Å²) in [6.45, 7) is 3.77. The molecular weight excluding hydrogens is 269 g/mol. The first-order chi connectivity index (χ1) is 9.33. The fraction of sp³-hybridized carbons (Fsp3) is 0.571. The van der Waals surface area contributed by atoms with Crippen molar-refractivity contribution in [1.29, 1.82) is 0 Å². The minimum Gasteiger partial charge on any atom is -0.406 e. The summed E-state index contributed by atoms with van der Waals surface area (Å²) < 4.78 is 40.0. The summed E-state index contributed by atoms with van der Waals surface area (Å²) in [4.78, 5) is 2.29. The molecule has 2 N–H and O–H groups in total. The number of hydrogen-bond donors (Lipinski definition) is 1. The second kappa shape index (κ2) is 6.01. The van der Waals surface area contributed by atoms with Crippen LogP contribution in [0.1, 0.15) is 25.3 Å². The predicted octanol–water partition coefficient (Wildman–Crippen LogP) is 2.90. The molecule has 2 unspecified atom stereocenters. The van der Waals surface area contributed by atoms with Crippen LogP contribution < -0.4 is 10.5 Å². The molecule has 2 atom stereocenters. The average Bonchev–Trinajstić information content (AvgIpc) is 2.33. The molecule has 0 bridgehead atoms. The van der Waals surface area contributed by atoms with E-state index in [1.807, 2.05) is 0 Å². The topological polar surface area (TPSA) is 38.5 Å². The molecule has 1 heterocycles. The third-order valence-corrected chi connectivity index (χ3v) is 3.60. The Morgan fingerprint density at radius 1 is 1.30 bits per heavy atom. The van der Waals surface area contributed by atoms with Gasteiger partial charge < -0.3 is 10.5 Å². The van der Waals surface area contributed by atoms with Crippen LogP contribution in [0.25, 0.3) is 0 Å². The monoisotopic (exact) mass is 288 g/mol. The quantitative estimate of drug-likeness (QED) is 0.929. The number of piperidine rings is 1. The van der Waals surface area contributed by atoms with Gasteiger partial charge in [-0.3, -0.25) is 4.90 Å². The normalized spacial score (nSPS) is 24.6. The van der Waals surface area contributed by atoms with Gasteiger partial charge in [0.15, 0.2) is 0 Å². The Labute approximate surface area is 116 Å². The molecule has 0 aromatic heterocycles. The summed E-state index contributed by atoms with van der Waals surface area (Å²) in [6, 6.07) is 6.69. The first-order valence-electron chi connectivity index (χ1n) is 6.68. The molecule has 1 fully saturated rings. The summed E-state index contributed by atoms with van der Waals surface area (Å²) in [5.41, 5.74) is 6.88. The molecule has 6 heteroatoms. The maximum Gasteiger partial charge on any atom is 0.573 e. The van der Waals surface area contributed by atoms with Gasteiger partial charge in [0, 0.05) is 25.2 Å². The maximum absolute atomic E-state index is 12.1. The minimum absolute atomic E-state index is 0.185. The van der Waals surface area contributed by atoms with Crippen molar-refractivity contribution >= 4 is 0 Å². The molecule has 0 aliphatic carbocycles. The zero-order valence-electron chi connectivity index (χ0n) is 11.4. The van der Waals surface area contributed by atoms with Crippen LogP contribution in [0.5, 0.6) is 5.75 Å². The molecule has 0 saturated carbocycles. The summed E-state index contributed by atoms with van der Waals surface area (Å²) in [7, 11) is 0. The number of halogens is 3. The van der Waals surface area contributed by atoms with Crippen molar-refractivity contribution in [2.24, 2.45) is 5.73 Å². The molecule has 0 spiro atoms. The van der Waals surface area contributed by atoms with E-state index >= 15 is 0 Å². The average molecular weight is 288 g/mol. The van der Waals surface area contributed by atoms with E-state index in [0.717, 1.165) is 31.5 Å². The summed E-state index contributed by atoms with van der Waals surface area (Å²) in [5.74, 6) is -0.185. The molecule has 1 aliphatic heterocycles. The van der Waals surface area contributed by atoms with E-state index in [9.17, 15) is 13.2 Å². The standard InChI is InChI=1S/C14H19F3N2O/c1-10-8-12(18)6-7-19(10)9-11-2-4-13(5-3-11)20-14(15,16)17/h2-5,10,12H,6-9,18H2,1H3. The molecule has 2 rings (SSSR count). The fourth-order valence-corrected chi connectivity index (χ4v) is 2.52. The summed E-state index contributed by atoms with van der Waals surface area (Å²) in [5, 5.41) is 0. The van der Waals surface area contributed by atoms with Crippen molar-refractivity contribution in [2.45, 2.75) is 44.8 Å². The van der Waals surface area contributed by atoms with Gasteiger partial charge in [-0.05, 0) is 37.5 Å². The van der Waals surface area contributed by atoms with Gasteiger partial charge >= 0.3 is 6.36 Å². The van der Waals surface area contributed by atoms with Crippen LogP contribution in [0.3, 0.4) is 0 Å². The van der Waals surface area contributed by atoms with Gasteiger partial charge in [0.25, 0.3) is 0 Å². The molecule has 1 aromatic rings. The SMILES string of the molecule is CC1CC(N)CCN1Cc1ccc(OC(F)(F)F)cc1. The summed E-state index contributed by atoms with van der Waals surface area (Å²) in [6.07, 6.45) is -2.73. The van der Waals surface area contributed by atoms with Crippen molar-refractivity contribution in [3.05, 3.63) is 29.8 Å². The Morgan fingerprint density at radius 2 is 1.95 bits per heavy atom. The maximum atomic E-state index is 12.1. The minimum atomic E-state index is -4.64.